The lowest BCUT2D eigenvalue weighted by Gasteiger charge is -2.46. The van der Waals surface area contributed by atoms with Crippen molar-refractivity contribution < 1.29 is 9.44 Å². The minimum Gasteiger partial charge on any atom is -0.624 e. The summed E-state index contributed by atoms with van der Waals surface area (Å²) in [6.45, 7) is 1.94. The van der Waals surface area contributed by atoms with E-state index in [4.69, 9.17) is 11.6 Å². The van der Waals surface area contributed by atoms with Crippen molar-refractivity contribution in [2.45, 2.75) is 49.2 Å². The third-order valence-electron chi connectivity index (χ3n) is 8.97. The average molecular weight is 562 g/mol. The quantitative estimate of drug-likeness (QED) is 0.236. The van der Waals surface area contributed by atoms with E-state index in [1.807, 2.05) is 25.4 Å². The zero-order valence-electron chi connectivity index (χ0n) is 21.2. The summed E-state index contributed by atoms with van der Waals surface area (Å²) in [4.78, 5) is 31.5. The Morgan fingerprint density at radius 3 is 2.56 bits per heavy atom. The first kappa shape index (κ1) is 23.4. The molecule has 0 bridgehead atoms. The number of hydrogen-bond acceptors (Lipinski definition) is 10. The minimum atomic E-state index is -0.806. The Labute approximate surface area is 232 Å². The first-order valence-electron chi connectivity index (χ1n) is 12.8. The Morgan fingerprint density at radius 1 is 1.21 bits per heavy atom. The number of nitrogens with one attached hydrogen (secondary N) is 2. The Kier molecular flexibility index (Phi) is 4.44. The second kappa shape index (κ2) is 7.39. The summed E-state index contributed by atoms with van der Waals surface area (Å²) < 4.78 is 0.996. The van der Waals surface area contributed by atoms with E-state index < -0.39 is 27.2 Å². The molecule has 1 atom stereocenters. The van der Waals surface area contributed by atoms with Crippen LogP contribution in [0.15, 0.2) is 42.2 Å². The first-order valence-corrected chi connectivity index (χ1v) is 14.1. The summed E-state index contributed by atoms with van der Waals surface area (Å²) in [6.07, 6.45) is 7.43. The average Bonchev–Trinajstić information content (AvgIpc) is 3.84. The number of amides is 1. The van der Waals surface area contributed by atoms with E-state index in [0.29, 0.717) is 46.2 Å². The number of aryl methyl sites for hydroxylation is 2. The first-order chi connectivity index (χ1) is 18.7. The van der Waals surface area contributed by atoms with Crippen LogP contribution in [0.4, 0.5) is 16.9 Å². The van der Waals surface area contributed by atoms with Crippen molar-refractivity contribution in [1.82, 2.24) is 29.7 Å². The van der Waals surface area contributed by atoms with Gasteiger partial charge in [0.1, 0.15) is 28.1 Å². The standard InChI is InChI=1S/C26H24ClN9O2S/c1-14-5-19(35(2)34-14)18-11-39-23(31-18)32-20-4-3-15(8-28-20)21(37)36(38,24-6-16(24)7-24)26-12-25(26,13-26)33-22-29-9-17(27)10-30-22/h3-5,8-11,16H,6-7,12-13H2,1-2H3,(H,28,31,32)(H,29,30,33). The van der Waals surface area contributed by atoms with Gasteiger partial charge in [0.2, 0.25) is 5.95 Å². The molecule has 0 spiro atoms. The van der Waals surface area contributed by atoms with Gasteiger partial charge in [0, 0.05) is 50.2 Å². The van der Waals surface area contributed by atoms with Crippen LogP contribution in [-0.4, -0.2) is 56.9 Å². The molecule has 1 amide bonds. The summed E-state index contributed by atoms with van der Waals surface area (Å²) in [5, 5.41) is 28.7. The molecule has 4 aromatic heterocycles. The predicted molar refractivity (Wildman–Crippen MR) is 145 cm³/mol. The van der Waals surface area contributed by atoms with Gasteiger partial charge in [-0.1, -0.05) is 11.6 Å². The van der Waals surface area contributed by atoms with Crippen LogP contribution >= 0.6 is 22.9 Å². The van der Waals surface area contributed by atoms with Gasteiger partial charge in [-0.05, 0) is 25.1 Å². The summed E-state index contributed by atoms with van der Waals surface area (Å²) in [5.74, 6) is 0.920. The third-order valence-corrected chi connectivity index (χ3v) is 9.92. The number of carbonyl (C=O) groups excluding carboxylic acids is 1. The van der Waals surface area contributed by atoms with Crippen LogP contribution in [0.3, 0.4) is 0 Å². The van der Waals surface area contributed by atoms with E-state index in [1.165, 1.54) is 29.9 Å². The normalized spacial score (nSPS) is 30.5. The van der Waals surface area contributed by atoms with Crippen molar-refractivity contribution in [2.75, 3.05) is 10.6 Å². The Hall–Kier alpha value is -3.45. The fourth-order valence-corrected chi connectivity index (χ4v) is 7.18. The van der Waals surface area contributed by atoms with Gasteiger partial charge in [-0.25, -0.2) is 24.7 Å². The predicted octanol–water partition coefficient (Wildman–Crippen LogP) is 4.45. The molecule has 2 N–H and O–H groups in total. The number of quaternary nitrogens is 1. The van der Waals surface area contributed by atoms with E-state index in [2.05, 4.69) is 35.7 Å². The van der Waals surface area contributed by atoms with Gasteiger partial charge in [-0.2, -0.15) is 5.10 Å². The fourth-order valence-electron chi connectivity index (χ4n) is 6.38. The van der Waals surface area contributed by atoms with Crippen molar-refractivity contribution in [1.29, 1.82) is 0 Å². The Morgan fingerprint density at radius 2 is 1.95 bits per heavy atom. The highest BCUT2D eigenvalue weighted by atomic mass is 35.5. The maximum atomic E-state index is 14.7. The lowest BCUT2D eigenvalue weighted by Crippen LogP contribution is -2.58. The number of hydrogen-bond donors (Lipinski definition) is 2. The van der Waals surface area contributed by atoms with Crippen molar-refractivity contribution in [2.24, 2.45) is 13.0 Å². The van der Waals surface area contributed by atoms with Crippen LogP contribution in [0.1, 0.15) is 41.7 Å². The van der Waals surface area contributed by atoms with Crippen LogP contribution in [0.2, 0.25) is 5.02 Å². The van der Waals surface area contributed by atoms with Crippen LogP contribution in [-0.2, 0) is 7.05 Å². The molecule has 0 radical (unpaired) electrons. The van der Waals surface area contributed by atoms with Crippen LogP contribution in [0.5, 0.6) is 0 Å². The number of thiazole rings is 1. The molecular formula is C26H24ClN9O2S. The number of fused-ring (bicyclic) bond motifs is 2. The van der Waals surface area contributed by atoms with Crippen molar-refractivity contribution in [3.05, 3.63) is 63.7 Å². The molecule has 8 rings (SSSR count). The molecule has 0 aromatic carbocycles. The van der Waals surface area contributed by atoms with Crippen molar-refractivity contribution >= 4 is 45.7 Å². The SMILES string of the molecule is Cc1cc(-c2csc(Nc3ccc(C(=O)[N+]([O-])(C45CC4C5)C45CC4(Nc4ncc(Cl)cn4)C5)cn3)n2)n(C)n1. The maximum absolute atomic E-state index is 14.7. The van der Waals surface area contributed by atoms with E-state index >= 15 is 0 Å². The molecule has 4 aliphatic rings. The zero-order valence-corrected chi connectivity index (χ0v) is 22.8. The molecule has 4 aromatic rings. The van der Waals surface area contributed by atoms with Gasteiger partial charge in [0.15, 0.2) is 5.13 Å². The molecule has 4 saturated carbocycles. The molecular weight excluding hydrogens is 538 g/mol. The lowest BCUT2D eigenvalue weighted by molar-refractivity contribution is -0.853. The van der Waals surface area contributed by atoms with Crippen LogP contribution in [0, 0.1) is 18.0 Å². The second-order valence-electron chi connectivity index (χ2n) is 11.3. The summed E-state index contributed by atoms with van der Waals surface area (Å²) in [5.41, 5.74) is 1.43. The fraction of sp³-hybridized carbons (Fsp3) is 0.385. The monoisotopic (exact) mass is 561 g/mol. The largest absolute Gasteiger partial charge is 0.624 e. The molecule has 0 saturated heterocycles. The minimum absolute atomic E-state index is 0.331. The number of pyridine rings is 1. The van der Waals surface area contributed by atoms with Gasteiger partial charge in [-0.3, -0.25) is 9.33 Å². The molecule has 39 heavy (non-hydrogen) atoms. The highest BCUT2D eigenvalue weighted by molar-refractivity contribution is 7.14. The summed E-state index contributed by atoms with van der Waals surface area (Å²) >= 11 is 7.37. The summed E-state index contributed by atoms with van der Waals surface area (Å²) in [6, 6.07) is 5.41. The van der Waals surface area contributed by atoms with Gasteiger partial charge in [0.25, 0.3) is 0 Å². The molecule has 4 aliphatic carbocycles. The smallest absolute Gasteiger partial charge is 0.348 e. The van der Waals surface area contributed by atoms with Crippen molar-refractivity contribution in [3.8, 4) is 11.4 Å². The molecule has 198 valence electrons. The zero-order chi connectivity index (χ0) is 26.8. The molecule has 11 nitrogen and oxygen atoms in total. The second-order valence-corrected chi connectivity index (χ2v) is 12.6. The van der Waals surface area contributed by atoms with E-state index in [-0.39, 0.29) is 0 Å². The van der Waals surface area contributed by atoms with Gasteiger partial charge in [-0.15, -0.1) is 11.3 Å². The lowest BCUT2D eigenvalue weighted by atomic mass is 10.1. The van der Waals surface area contributed by atoms with Crippen LogP contribution < -0.4 is 10.6 Å². The number of halogens is 1. The van der Waals surface area contributed by atoms with E-state index in [1.54, 1.807) is 16.8 Å². The number of anilines is 3. The number of carbonyl (C=O) groups is 1. The highest BCUT2D eigenvalue weighted by Gasteiger charge is 3.00. The molecule has 13 heteroatoms. The Balaban J connectivity index is 1.01. The van der Waals surface area contributed by atoms with Gasteiger partial charge < -0.3 is 15.8 Å². The summed E-state index contributed by atoms with van der Waals surface area (Å²) in [7, 11) is 1.89. The molecule has 4 fully saturated rings. The third kappa shape index (κ3) is 3.16. The van der Waals surface area contributed by atoms with Crippen molar-refractivity contribution in [3.63, 3.8) is 0 Å². The van der Waals surface area contributed by atoms with E-state index in [9.17, 15) is 10.0 Å². The van der Waals surface area contributed by atoms with Gasteiger partial charge in [0.05, 0.1) is 34.4 Å². The molecule has 1 unspecified atom stereocenters. The number of nitrogens with zero attached hydrogens (tertiary/aromatic N) is 7. The number of hydroxylamine groups is 3. The van der Waals surface area contributed by atoms with Crippen LogP contribution in [0.25, 0.3) is 11.4 Å². The Bertz CT molecular complexity index is 1660. The van der Waals surface area contributed by atoms with E-state index in [0.717, 1.165) is 29.9 Å². The van der Waals surface area contributed by atoms with Gasteiger partial charge >= 0.3 is 5.91 Å². The molecule has 0 aliphatic heterocycles. The maximum Gasteiger partial charge on any atom is 0.348 e. The molecule has 4 heterocycles. The topological polar surface area (TPSA) is 134 Å². The number of aromatic nitrogens is 6. The number of rotatable bonds is 8. The highest BCUT2D eigenvalue weighted by Crippen LogP contribution is 2.86.